The first-order valence-electron chi connectivity index (χ1n) is 9.15. The van der Waals surface area contributed by atoms with Gasteiger partial charge in [0.05, 0.1) is 18.7 Å². The molecule has 9 heteroatoms. The van der Waals surface area contributed by atoms with E-state index in [1.807, 2.05) is 24.5 Å². The highest BCUT2D eigenvalue weighted by atomic mass is 32.1. The topological polar surface area (TPSA) is 101 Å². The molecule has 156 valence electrons. The van der Waals surface area contributed by atoms with Crippen molar-refractivity contribution < 1.29 is 24.2 Å². The highest BCUT2D eigenvalue weighted by Gasteiger charge is 2.33. The van der Waals surface area contributed by atoms with E-state index in [1.54, 1.807) is 18.2 Å². The van der Waals surface area contributed by atoms with E-state index in [2.05, 4.69) is 5.32 Å². The number of rotatable bonds is 6. The summed E-state index contributed by atoms with van der Waals surface area (Å²) in [5, 5.41) is 11.7. The van der Waals surface area contributed by atoms with Gasteiger partial charge in [-0.15, -0.1) is 0 Å². The zero-order chi connectivity index (χ0) is 22.0. The summed E-state index contributed by atoms with van der Waals surface area (Å²) < 4.78 is 6.93. The number of thiocarbonyl (C=S) groups is 1. The van der Waals surface area contributed by atoms with E-state index in [4.69, 9.17) is 22.1 Å². The third-order valence-electron chi connectivity index (χ3n) is 4.85. The van der Waals surface area contributed by atoms with Crippen LogP contribution in [0, 0.1) is 13.8 Å². The van der Waals surface area contributed by atoms with Gasteiger partial charge in [-0.25, -0.2) is 4.79 Å². The molecule has 2 aromatic rings. The fraction of sp³-hybridized carbons (Fsp3) is 0.238. The Bertz CT molecular complexity index is 1070. The highest BCUT2D eigenvalue weighted by Crippen LogP contribution is 2.24. The Hall–Kier alpha value is -3.30. The third-order valence-corrected chi connectivity index (χ3v) is 5.17. The van der Waals surface area contributed by atoms with Crippen LogP contribution in [0.3, 0.4) is 0 Å². The van der Waals surface area contributed by atoms with Crippen LogP contribution >= 0.6 is 12.2 Å². The lowest BCUT2D eigenvalue weighted by Crippen LogP contribution is -2.54. The Morgan fingerprint density at radius 3 is 2.50 bits per heavy atom. The van der Waals surface area contributed by atoms with Crippen LogP contribution in [0.5, 0.6) is 0 Å². The second-order valence-electron chi connectivity index (χ2n) is 6.78. The van der Waals surface area contributed by atoms with Crippen LogP contribution in [-0.2, 0) is 14.3 Å². The number of nitrogens with zero attached hydrogens (tertiary/aromatic N) is 2. The number of ether oxygens (including phenoxy) is 1. The van der Waals surface area contributed by atoms with Gasteiger partial charge in [0.15, 0.2) is 5.11 Å². The fourth-order valence-corrected chi connectivity index (χ4v) is 3.59. The quantitative estimate of drug-likeness (QED) is 0.416. The number of methoxy groups -OCH3 is 1. The van der Waals surface area contributed by atoms with Crippen LogP contribution in [0.4, 0.5) is 0 Å². The number of benzene rings is 1. The molecule has 1 saturated heterocycles. The normalized spacial score (nSPS) is 15.6. The Kier molecular flexibility index (Phi) is 6.14. The molecule has 2 N–H and O–H groups in total. The van der Waals surface area contributed by atoms with Crippen LogP contribution in [-0.4, -0.2) is 57.7 Å². The Labute approximate surface area is 178 Å². The van der Waals surface area contributed by atoms with Crippen LogP contribution < -0.4 is 5.32 Å². The number of hydrogen-bond acceptors (Lipinski definition) is 5. The molecule has 1 aliphatic rings. The maximum Gasteiger partial charge on any atom is 0.335 e. The number of hydrogen-bond donors (Lipinski definition) is 2. The zero-order valence-electron chi connectivity index (χ0n) is 16.8. The van der Waals surface area contributed by atoms with E-state index in [9.17, 15) is 14.4 Å². The summed E-state index contributed by atoms with van der Waals surface area (Å²) in [6.07, 6.45) is 1.55. The van der Waals surface area contributed by atoms with Crippen molar-refractivity contribution in [2.75, 3.05) is 20.3 Å². The Balaban J connectivity index is 1.98. The van der Waals surface area contributed by atoms with E-state index in [-0.39, 0.29) is 29.4 Å². The molecule has 2 amide bonds. The molecule has 1 aromatic heterocycles. The van der Waals surface area contributed by atoms with Gasteiger partial charge in [0.1, 0.15) is 5.57 Å². The van der Waals surface area contributed by atoms with Crippen molar-refractivity contribution in [1.82, 2.24) is 14.8 Å². The molecule has 8 nitrogen and oxygen atoms in total. The molecular weight excluding hydrogens is 406 g/mol. The number of carboxylic acid groups (broad SMARTS) is 1. The average Bonchev–Trinajstić information content (AvgIpc) is 2.98. The smallest absolute Gasteiger partial charge is 0.335 e. The van der Waals surface area contributed by atoms with Gasteiger partial charge >= 0.3 is 5.97 Å². The number of nitrogens with one attached hydrogen (secondary N) is 1. The summed E-state index contributed by atoms with van der Waals surface area (Å²) >= 11 is 5.10. The fourth-order valence-electron chi connectivity index (χ4n) is 3.32. The molecule has 30 heavy (non-hydrogen) atoms. The Morgan fingerprint density at radius 2 is 1.90 bits per heavy atom. The van der Waals surface area contributed by atoms with E-state index >= 15 is 0 Å². The standard InChI is InChI=1S/C21H21N3O5S/c1-12-10-15(13(2)24(12)16-6-4-14(5-7-16)20(27)28)11-17-18(25)22-21(30)23(19(17)26)8-9-29-3/h4-7,10-11H,8-9H2,1-3H3,(H,27,28)(H,22,25,30)/b17-11+. The largest absolute Gasteiger partial charge is 0.478 e. The second kappa shape index (κ2) is 8.60. The molecule has 0 saturated carbocycles. The number of carboxylic acids is 1. The van der Waals surface area contributed by atoms with Crippen molar-refractivity contribution in [3.8, 4) is 5.69 Å². The first-order valence-corrected chi connectivity index (χ1v) is 9.56. The predicted molar refractivity (Wildman–Crippen MR) is 115 cm³/mol. The second-order valence-corrected chi connectivity index (χ2v) is 7.17. The molecule has 0 aliphatic carbocycles. The number of amides is 2. The molecule has 0 spiro atoms. The highest BCUT2D eigenvalue weighted by molar-refractivity contribution is 7.80. The van der Waals surface area contributed by atoms with Crippen molar-refractivity contribution in [2.24, 2.45) is 0 Å². The van der Waals surface area contributed by atoms with Crippen molar-refractivity contribution in [3.63, 3.8) is 0 Å². The van der Waals surface area contributed by atoms with Crippen molar-refractivity contribution in [3.05, 3.63) is 58.4 Å². The lowest BCUT2D eigenvalue weighted by atomic mass is 10.1. The van der Waals surface area contributed by atoms with Gasteiger partial charge in [0, 0.05) is 24.2 Å². The van der Waals surface area contributed by atoms with Crippen molar-refractivity contribution >= 4 is 41.2 Å². The molecule has 0 bridgehead atoms. The minimum atomic E-state index is -0.995. The maximum absolute atomic E-state index is 12.8. The SMILES string of the molecule is COCCN1C(=O)/C(=C/c2cc(C)n(-c3ccc(C(=O)O)cc3)c2C)C(=O)NC1=S. The summed E-state index contributed by atoms with van der Waals surface area (Å²) in [5.74, 6) is -2.02. The summed E-state index contributed by atoms with van der Waals surface area (Å²) in [6.45, 7) is 4.28. The maximum atomic E-state index is 12.8. The van der Waals surface area contributed by atoms with E-state index in [0.29, 0.717) is 5.56 Å². The van der Waals surface area contributed by atoms with Crippen LogP contribution in [0.15, 0.2) is 35.9 Å². The van der Waals surface area contributed by atoms with Gasteiger partial charge in [-0.1, -0.05) is 0 Å². The van der Waals surface area contributed by atoms with Gasteiger partial charge in [0.2, 0.25) is 0 Å². The van der Waals surface area contributed by atoms with Crippen LogP contribution in [0.1, 0.15) is 27.3 Å². The van der Waals surface area contributed by atoms with Gasteiger partial charge in [-0.05, 0) is 68.0 Å². The molecule has 0 atom stereocenters. The number of aromatic nitrogens is 1. The van der Waals surface area contributed by atoms with Crippen LogP contribution in [0.2, 0.25) is 0 Å². The monoisotopic (exact) mass is 427 g/mol. The number of carbonyl (C=O) groups is 3. The van der Waals surface area contributed by atoms with Crippen molar-refractivity contribution in [2.45, 2.75) is 13.8 Å². The number of aromatic carboxylic acids is 1. The summed E-state index contributed by atoms with van der Waals surface area (Å²) in [4.78, 5) is 37.6. The first kappa shape index (κ1) is 21.4. The molecule has 1 fully saturated rings. The Morgan fingerprint density at radius 1 is 1.23 bits per heavy atom. The summed E-state index contributed by atoms with van der Waals surface area (Å²) in [7, 11) is 1.52. The van der Waals surface area contributed by atoms with E-state index in [1.165, 1.54) is 24.1 Å². The lowest BCUT2D eigenvalue weighted by Gasteiger charge is -2.28. The van der Waals surface area contributed by atoms with Crippen molar-refractivity contribution in [1.29, 1.82) is 0 Å². The minimum absolute atomic E-state index is 0.0128. The van der Waals surface area contributed by atoms with Crippen LogP contribution in [0.25, 0.3) is 11.8 Å². The summed E-state index contributed by atoms with van der Waals surface area (Å²) in [6, 6.07) is 8.34. The molecule has 0 radical (unpaired) electrons. The molecule has 1 aliphatic heterocycles. The predicted octanol–water partition coefficient (Wildman–Crippen LogP) is 2.07. The molecule has 1 aromatic carbocycles. The van der Waals surface area contributed by atoms with Gasteiger partial charge in [-0.3, -0.25) is 19.8 Å². The average molecular weight is 427 g/mol. The molecule has 3 rings (SSSR count). The first-order chi connectivity index (χ1) is 14.2. The summed E-state index contributed by atoms with van der Waals surface area (Å²) in [5.41, 5.74) is 3.34. The molecule has 2 heterocycles. The van der Waals surface area contributed by atoms with Gasteiger partial charge in [0.25, 0.3) is 11.8 Å². The molecule has 0 unspecified atom stereocenters. The third kappa shape index (κ3) is 4.03. The zero-order valence-corrected chi connectivity index (χ0v) is 17.6. The van der Waals surface area contributed by atoms with E-state index in [0.717, 1.165) is 17.1 Å². The lowest BCUT2D eigenvalue weighted by molar-refractivity contribution is -0.129. The number of carbonyl (C=O) groups excluding carboxylic acids is 2. The van der Waals surface area contributed by atoms with E-state index < -0.39 is 17.8 Å². The van der Waals surface area contributed by atoms with Gasteiger partial charge in [-0.2, -0.15) is 0 Å². The number of aryl methyl sites for hydroxylation is 1. The molecular formula is C21H21N3O5S. The van der Waals surface area contributed by atoms with Gasteiger partial charge < -0.3 is 14.4 Å². The minimum Gasteiger partial charge on any atom is -0.478 e.